The molecule has 5 heteroatoms. The van der Waals surface area contributed by atoms with Crippen molar-refractivity contribution in [2.45, 2.75) is 13.0 Å². The summed E-state index contributed by atoms with van der Waals surface area (Å²) in [5.74, 6) is -1.12. The summed E-state index contributed by atoms with van der Waals surface area (Å²) in [4.78, 5) is 13.9. The minimum atomic E-state index is -0.483. The summed E-state index contributed by atoms with van der Waals surface area (Å²) in [5, 5.41) is 0. The summed E-state index contributed by atoms with van der Waals surface area (Å²) < 4.78 is 26.6. The second kappa shape index (κ2) is 6.35. The van der Waals surface area contributed by atoms with E-state index < -0.39 is 5.82 Å². The van der Waals surface area contributed by atoms with Gasteiger partial charge in [-0.25, -0.2) is 8.78 Å². The van der Waals surface area contributed by atoms with Crippen molar-refractivity contribution in [3.05, 3.63) is 69.7 Å². The Morgan fingerprint density at radius 2 is 1.76 bits per heavy atom. The quantitative estimate of drug-likeness (QED) is 0.791. The Balaban J connectivity index is 2.26. The van der Waals surface area contributed by atoms with Gasteiger partial charge in [-0.05, 0) is 52.7 Å². The van der Waals surface area contributed by atoms with Crippen LogP contribution in [0.2, 0.25) is 0 Å². The zero-order valence-electron chi connectivity index (χ0n) is 11.6. The number of hydrogen-bond donors (Lipinski definition) is 0. The standard InChI is InChI=1S/C16H14BrF2NO/c1-10(11-6-8-12(18)9-7-11)20(2)16(21)13-4-3-5-14(19)15(13)17/h3-10H,1-2H3. The first-order valence-electron chi connectivity index (χ1n) is 6.38. The first-order chi connectivity index (χ1) is 9.91. The van der Waals surface area contributed by atoms with Gasteiger partial charge in [0.15, 0.2) is 0 Å². The molecule has 1 unspecified atom stereocenters. The van der Waals surface area contributed by atoms with Gasteiger partial charge in [0.25, 0.3) is 5.91 Å². The minimum absolute atomic E-state index is 0.146. The highest BCUT2D eigenvalue weighted by atomic mass is 79.9. The van der Waals surface area contributed by atoms with Gasteiger partial charge >= 0.3 is 0 Å². The van der Waals surface area contributed by atoms with Crippen LogP contribution in [0, 0.1) is 11.6 Å². The maximum Gasteiger partial charge on any atom is 0.255 e. The fourth-order valence-electron chi connectivity index (χ4n) is 2.00. The predicted octanol–water partition coefficient (Wildman–Crippen LogP) is 4.56. The van der Waals surface area contributed by atoms with E-state index in [4.69, 9.17) is 0 Å². The van der Waals surface area contributed by atoms with Crippen molar-refractivity contribution >= 4 is 21.8 Å². The number of halogens is 3. The van der Waals surface area contributed by atoms with Crippen LogP contribution >= 0.6 is 15.9 Å². The van der Waals surface area contributed by atoms with Crippen LogP contribution in [-0.2, 0) is 0 Å². The van der Waals surface area contributed by atoms with Crippen molar-refractivity contribution in [2.75, 3.05) is 7.05 Å². The van der Waals surface area contributed by atoms with Gasteiger partial charge in [0.05, 0.1) is 16.1 Å². The average molecular weight is 354 g/mol. The zero-order chi connectivity index (χ0) is 15.6. The Morgan fingerprint density at radius 3 is 2.38 bits per heavy atom. The molecule has 2 nitrogen and oxygen atoms in total. The summed E-state index contributed by atoms with van der Waals surface area (Å²) in [6.07, 6.45) is 0. The lowest BCUT2D eigenvalue weighted by Gasteiger charge is -2.26. The number of rotatable bonds is 3. The molecule has 0 aliphatic heterocycles. The second-order valence-corrected chi connectivity index (χ2v) is 5.54. The topological polar surface area (TPSA) is 20.3 Å². The van der Waals surface area contributed by atoms with Crippen molar-refractivity contribution in [1.82, 2.24) is 4.90 Å². The highest BCUT2D eigenvalue weighted by molar-refractivity contribution is 9.10. The third-order valence-corrected chi connectivity index (χ3v) is 4.24. The number of carbonyl (C=O) groups excluding carboxylic acids is 1. The molecule has 0 aliphatic rings. The van der Waals surface area contributed by atoms with Gasteiger partial charge in [-0.2, -0.15) is 0 Å². The van der Waals surface area contributed by atoms with Crippen LogP contribution in [0.1, 0.15) is 28.9 Å². The molecule has 0 radical (unpaired) electrons. The molecule has 1 atom stereocenters. The molecule has 2 rings (SSSR count). The molecule has 0 aliphatic carbocycles. The molecular formula is C16H14BrF2NO. The lowest BCUT2D eigenvalue weighted by molar-refractivity contribution is 0.0741. The smallest absolute Gasteiger partial charge is 0.255 e. The van der Waals surface area contributed by atoms with Crippen LogP contribution in [0.3, 0.4) is 0 Å². The van der Waals surface area contributed by atoms with E-state index in [1.165, 1.54) is 29.2 Å². The molecule has 0 heterocycles. The molecule has 0 saturated carbocycles. The SMILES string of the molecule is CC(c1ccc(F)cc1)N(C)C(=O)c1cccc(F)c1Br. The molecule has 110 valence electrons. The Labute approximate surface area is 130 Å². The van der Waals surface area contributed by atoms with E-state index in [-0.39, 0.29) is 27.8 Å². The van der Waals surface area contributed by atoms with Gasteiger partial charge < -0.3 is 4.90 Å². The van der Waals surface area contributed by atoms with Crippen molar-refractivity contribution in [1.29, 1.82) is 0 Å². The third kappa shape index (κ3) is 3.29. The molecule has 0 fully saturated rings. The fourth-order valence-corrected chi connectivity index (χ4v) is 2.43. The molecule has 0 N–H and O–H groups in total. The summed E-state index contributed by atoms with van der Waals surface area (Å²) in [7, 11) is 1.63. The molecule has 21 heavy (non-hydrogen) atoms. The normalized spacial score (nSPS) is 12.0. The van der Waals surface area contributed by atoms with Crippen LogP contribution in [0.4, 0.5) is 8.78 Å². The second-order valence-electron chi connectivity index (χ2n) is 4.74. The lowest BCUT2D eigenvalue weighted by Crippen LogP contribution is -2.30. The van der Waals surface area contributed by atoms with Crippen LogP contribution in [0.5, 0.6) is 0 Å². The number of amides is 1. The first-order valence-corrected chi connectivity index (χ1v) is 7.17. The van der Waals surface area contributed by atoms with Crippen LogP contribution in [-0.4, -0.2) is 17.9 Å². The van der Waals surface area contributed by atoms with Crippen molar-refractivity contribution < 1.29 is 13.6 Å². The number of carbonyl (C=O) groups is 1. The van der Waals surface area contributed by atoms with Gasteiger partial charge in [0.2, 0.25) is 0 Å². The highest BCUT2D eigenvalue weighted by Crippen LogP contribution is 2.25. The third-order valence-electron chi connectivity index (χ3n) is 3.44. The predicted molar refractivity (Wildman–Crippen MR) is 81.0 cm³/mol. The molecule has 2 aromatic carbocycles. The van der Waals surface area contributed by atoms with Crippen LogP contribution in [0.15, 0.2) is 46.9 Å². The van der Waals surface area contributed by atoms with E-state index in [0.717, 1.165) is 5.56 Å². The molecular weight excluding hydrogens is 340 g/mol. The molecule has 0 spiro atoms. The van der Waals surface area contributed by atoms with Gasteiger partial charge in [-0.3, -0.25) is 4.79 Å². The van der Waals surface area contributed by atoms with Crippen molar-refractivity contribution in [2.24, 2.45) is 0 Å². The Hall–Kier alpha value is -1.75. The highest BCUT2D eigenvalue weighted by Gasteiger charge is 2.21. The summed E-state index contributed by atoms with van der Waals surface area (Å²) in [5.41, 5.74) is 1.06. The maximum absolute atomic E-state index is 13.5. The zero-order valence-corrected chi connectivity index (χ0v) is 13.2. The van der Waals surface area contributed by atoms with E-state index in [1.54, 1.807) is 25.2 Å². The Bertz CT molecular complexity index is 658. The first kappa shape index (κ1) is 15.6. The summed E-state index contributed by atoms with van der Waals surface area (Å²) in [6.45, 7) is 1.83. The van der Waals surface area contributed by atoms with Crippen molar-refractivity contribution in [3.63, 3.8) is 0 Å². The fraction of sp³-hybridized carbons (Fsp3) is 0.188. The van der Waals surface area contributed by atoms with Gasteiger partial charge in [-0.1, -0.05) is 18.2 Å². The van der Waals surface area contributed by atoms with Gasteiger partial charge in [0.1, 0.15) is 11.6 Å². The van der Waals surface area contributed by atoms with E-state index >= 15 is 0 Å². The van der Waals surface area contributed by atoms with Crippen molar-refractivity contribution in [3.8, 4) is 0 Å². The van der Waals surface area contributed by atoms with E-state index in [0.29, 0.717) is 0 Å². The maximum atomic E-state index is 13.5. The number of nitrogens with zero attached hydrogens (tertiary/aromatic N) is 1. The average Bonchev–Trinajstić information content (AvgIpc) is 2.48. The van der Waals surface area contributed by atoms with Crippen LogP contribution < -0.4 is 0 Å². The Kier molecular flexibility index (Phi) is 4.73. The molecule has 2 aromatic rings. The monoisotopic (exact) mass is 353 g/mol. The van der Waals surface area contributed by atoms with E-state index in [2.05, 4.69) is 15.9 Å². The summed E-state index contributed by atoms with van der Waals surface area (Å²) >= 11 is 3.09. The van der Waals surface area contributed by atoms with Crippen LogP contribution in [0.25, 0.3) is 0 Å². The van der Waals surface area contributed by atoms with E-state index in [1.807, 2.05) is 6.92 Å². The number of benzene rings is 2. The van der Waals surface area contributed by atoms with Gasteiger partial charge in [-0.15, -0.1) is 0 Å². The molecule has 1 amide bonds. The molecule has 0 aromatic heterocycles. The molecule has 0 saturated heterocycles. The Morgan fingerprint density at radius 1 is 1.14 bits per heavy atom. The summed E-state index contributed by atoms with van der Waals surface area (Å²) in [6, 6.07) is 10.0. The lowest BCUT2D eigenvalue weighted by atomic mass is 10.1. The van der Waals surface area contributed by atoms with E-state index in [9.17, 15) is 13.6 Å². The largest absolute Gasteiger partial charge is 0.335 e. The number of hydrogen-bond acceptors (Lipinski definition) is 1. The molecule has 0 bridgehead atoms. The van der Waals surface area contributed by atoms with Gasteiger partial charge in [0, 0.05) is 7.05 Å². The minimum Gasteiger partial charge on any atom is -0.335 e.